The van der Waals surface area contributed by atoms with Gasteiger partial charge in [-0.05, 0) is 34.1 Å². The molecule has 0 aromatic rings. The van der Waals surface area contributed by atoms with E-state index >= 15 is 0 Å². The normalized spacial score (nSPS) is 35.4. The van der Waals surface area contributed by atoms with E-state index < -0.39 is 46.5 Å². The molecule has 0 amide bonds. The van der Waals surface area contributed by atoms with Crippen LogP contribution < -0.4 is 0 Å². The van der Waals surface area contributed by atoms with Gasteiger partial charge in [-0.1, -0.05) is 6.92 Å². The van der Waals surface area contributed by atoms with Crippen LogP contribution in [0.3, 0.4) is 0 Å². The van der Waals surface area contributed by atoms with Gasteiger partial charge < -0.3 is 33.3 Å². The fraction of sp³-hybridized carbons (Fsp3) is 1.00. The molecular formula is C18H36N2O8S. The second-order valence-electron chi connectivity index (χ2n) is 9.53. The molecule has 11 heteroatoms. The summed E-state index contributed by atoms with van der Waals surface area (Å²) in [5.41, 5.74) is 0. The van der Waals surface area contributed by atoms with E-state index in [0.717, 1.165) is 4.48 Å². The van der Waals surface area contributed by atoms with Crippen LogP contribution in [0.2, 0.25) is 0 Å². The zero-order chi connectivity index (χ0) is 22.3. The summed E-state index contributed by atoms with van der Waals surface area (Å²) in [6, 6.07) is 0. The Balaban J connectivity index is 0.000000370. The van der Waals surface area contributed by atoms with Crippen LogP contribution >= 0.6 is 0 Å². The van der Waals surface area contributed by atoms with Gasteiger partial charge in [0.25, 0.3) is 0 Å². The van der Waals surface area contributed by atoms with Crippen molar-refractivity contribution in [3.05, 3.63) is 5.14 Å². The van der Waals surface area contributed by atoms with Gasteiger partial charge in [0.2, 0.25) is 5.79 Å². The summed E-state index contributed by atoms with van der Waals surface area (Å²) in [7, 11) is 2.25. The van der Waals surface area contributed by atoms with Gasteiger partial charge in [-0.3, -0.25) is 4.18 Å². The fourth-order valence-corrected chi connectivity index (χ4v) is 4.10. The Bertz CT molecular complexity index is 676. The molecule has 172 valence electrons. The zero-order valence-corrected chi connectivity index (χ0v) is 19.5. The molecule has 3 saturated heterocycles. The van der Waals surface area contributed by atoms with Crippen LogP contribution in [0.4, 0.5) is 0 Å². The van der Waals surface area contributed by atoms with E-state index in [1.807, 2.05) is 0 Å². The standard InChI is InChI=1S/C12H20NO8S.C6H16N/c1-10(2)18-7-5-16-12(6-17-22(13,14)15)9(8(7)19-10)20-11(3,4)21-12;1-5-6-7(2,3)4/h7-9H,5-6H2,1-4H3,(H-,13,14,15);5-6H2,1-4H3/q-1;+1. The Labute approximate surface area is 174 Å². The van der Waals surface area contributed by atoms with Gasteiger partial charge in [0.1, 0.15) is 24.9 Å². The molecule has 0 aromatic heterocycles. The van der Waals surface area contributed by atoms with E-state index in [-0.39, 0.29) is 12.7 Å². The molecule has 4 atom stereocenters. The summed E-state index contributed by atoms with van der Waals surface area (Å²) in [5, 5.41) is 6.85. The minimum atomic E-state index is -4.39. The number of nitrogens with zero attached hydrogens (tertiary/aromatic N) is 1. The third-order valence-electron chi connectivity index (χ3n) is 4.58. The second kappa shape index (κ2) is 8.29. The fourth-order valence-electron chi connectivity index (χ4n) is 3.78. The first-order valence-corrected chi connectivity index (χ1v) is 11.2. The van der Waals surface area contributed by atoms with E-state index in [4.69, 9.17) is 28.8 Å². The summed E-state index contributed by atoms with van der Waals surface area (Å²) in [5.74, 6) is -3.26. The Kier molecular flexibility index (Phi) is 7.11. The average molecular weight is 441 g/mol. The first-order valence-electron chi connectivity index (χ1n) is 9.80. The van der Waals surface area contributed by atoms with Crippen LogP contribution in [0.25, 0.3) is 5.14 Å². The number of nitrogens with one attached hydrogen (secondary N) is 1. The van der Waals surface area contributed by atoms with Crippen molar-refractivity contribution in [3.8, 4) is 0 Å². The molecule has 3 rings (SSSR count). The first-order chi connectivity index (χ1) is 13.0. The molecule has 4 unspecified atom stereocenters. The lowest BCUT2D eigenvalue weighted by atomic mass is 9.98. The number of ether oxygens (including phenoxy) is 5. The third kappa shape index (κ3) is 6.81. The number of fused-ring (bicyclic) bond motifs is 3. The van der Waals surface area contributed by atoms with Gasteiger partial charge in [-0.25, -0.2) is 8.42 Å². The van der Waals surface area contributed by atoms with Crippen LogP contribution in [0.5, 0.6) is 0 Å². The molecular weight excluding hydrogens is 404 g/mol. The lowest BCUT2D eigenvalue weighted by Gasteiger charge is -2.40. The van der Waals surface area contributed by atoms with Gasteiger partial charge in [0, 0.05) is 0 Å². The van der Waals surface area contributed by atoms with E-state index in [1.54, 1.807) is 27.7 Å². The Morgan fingerprint density at radius 1 is 1.07 bits per heavy atom. The molecule has 0 radical (unpaired) electrons. The Morgan fingerprint density at radius 3 is 2.17 bits per heavy atom. The lowest BCUT2D eigenvalue weighted by Crippen LogP contribution is -2.60. The molecule has 0 aromatic carbocycles. The van der Waals surface area contributed by atoms with Crippen LogP contribution in [0.15, 0.2) is 0 Å². The van der Waals surface area contributed by atoms with Crippen LogP contribution in [0, 0.1) is 0 Å². The smallest absolute Gasteiger partial charge is 0.225 e. The van der Waals surface area contributed by atoms with Crippen molar-refractivity contribution in [3.63, 3.8) is 0 Å². The van der Waals surface area contributed by atoms with Crippen molar-refractivity contribution in [1.82, 2.24) is 0 Å². The van der Waals surface area contributed by atoms with Crippen LogP contribution in [0.1, 0.15) is 41.0 Å². The van der Waals surface area contributed by atoms with E-state index in [0.29, 0.717) is 0 Å². The molecule has 3 fully saturated rings. The maximum Gasteiger partial charge on any atom is 0.225 e. The summed E-state index contributed by atoms with van der Waals surface area (Å²) >= 11 is 0. The summed E-state index contributed by atoms with van der Waals surface area (Å²) < 4.78 is 56.6. The molecule has 3 heterocycles. The average Bonchev–Trinajstić information content (AvgIpc) is 2.95. The number of quaternary nitrogens is 1. The molecule has 3 aliphatic rings. The van der Waals surface area contributed by atoms with Crippen molar-refractivity contribution in [2.24, 2.45) is 0 Å². The van der Waals surface area contributed by atoms with Gasteiger partial charge in [-0.15, -0.1) is 0 Å². The number of hydrogen-bond donors (Lipinski definition) is 0. The van der Waals surface area contributed by atoms with Crippen LogP contribution in [-0.4, -0.2) is 89.5 Å². The monoisotopic (exact) mass is 440 g/mol. The Hall–Kier alpha value is -0.370. The maximum absolute atomic E-state index is 11.0. The predicted octanol–water partition coefficient (Wildman–Crippen LogP) is 1.80. The quantitative estimate of drug-likeness (QED) is 0.595. The third-order valence-corrected chi connectivity index (χ3v) is 5.01. The molecule has 0 bridgehead atoms. The molecule has 3 aliphatic heterocycles. The molecule has 0 saturated carbocycles. The second-order valence-corrected chi connectivity index (χ2v) is 10.7. The predicted molar refractivity (Wildman–Crippen MR) is 105 cm³/mol. The minimum absolute atomic E-state index is 0.144. The molecule has 10 nitrogen and oxygen atoms in total. The van der Waals surface area contributed by atoms with Gasteiger partial charge in [0.15, 0.2) is 21.9 Å². The van der Waals surface area contributed by atoms with Crippen molar-refractivity contribution in [1.29, 1.82) is 0 Å². The molecule has 1 N–H and O–H groups in total. The highest BCUT2D eigenvalue weighted by atomic mass is 32.2. The Morgan fingerprint density at radius 2 is 1.69 bits per heavy atom. The molecule has 0 spiro atoms. The van der Waals surface area contributed by atoms with Crippen molar-refractivity contribution < 1.29 is 40.8 Å². The topological polar surface area (TPSA) is 113 Å². The highest BCUT2D eigenvalue weighted by Gasteiger charge is 2.65. The largest absolute Gasteiger partial charge is 0.540 e. The summed E-state index contributed by atoms with van der Waals surface area (Å²) in [4.78, 5) is 0. The highest BCUT2D eigenvalue weighted by molar-refractivity contribution is 7.88. The summed E-state index contributed by atoms with van der Waals surface area (Å²) in [6.45, 7) is 10.1. The molecule has 29 heavy (non-hydrogen) atoms. The number of rotatable bonds is 5. The van der Waals surface area contributed by atoms with Crippen molar-refractivity contribution in [2.45, 2.75) is 76.7 Å². The van der Waals surface area contributed by atoms with E-state index in [1.165, 1.54) is 13.0 Å². The van der Waals surface area contributed by atoms with Crippen molar-refractivity contribution >= 4 is 10.3 Å². The summed E-state index contributed by atoms with van der Waals surface area (Å²) in [6.07, 6.45) is -0.283. The van der Waals surface area contributed by atoms with Gasteiger partial charge >= 0.3 is 0 Å². The van der Waals surface area contributed by atoms with E-state index in [2.05, 4.69) is 32.2 Å². The maximum atomic E-state index is 11.0. The SMILES string of the molecule is CC1(C)OC2COC3(COS([NH-])(=O)=O)OC(C)(C)OC3C2O1.CCC[N+](C)(C)C. The van der Waals surface area contributed by atoms with E-state index in [9.17, 15) is 8.42 Å². The minimum Gasteiger partial charge on any atom is -0.540 e. The molecule has 0 aliphatic carbocycles. The van der Waals surface area contributed by atoms with Gasteiger partial charge in [0.05, 0.1) is 34.3 Å². The van der Waals surface area contributed by atoms with Crippen molar-refractivity contribution in [2.75, 3.05) is 40.9 Å². The first kappa shape index (κ1) is 24.9. The lowest BCUT2D eigenvalue weighted by molar-refractivity contribution is -0.870. The zero-order valence-electron chi connectivity index (χ0n) is 18.7. The highest BCUT2D eigenvalue weighted by Crippen LogP contribution is 2.47. The van der Waals surface area contributed by atoms with Crippen LogP contribution in [-0.2, 0) is 38.2 Å². The number of hydrogen-bond acceptors (Lipinski definition) is 8. The van der Waals surface area contributed by atoms with Gasteiger partial charge in [-0.2, -0.15) is 0 Å².